The van der Waals surface area contributed by atoms with Crippen LogP contribution >= 0.6 is 0 Å². The van der Waals surface area contributed by atoms with Gasteiger partial charge in [0.15, 0.2) is 0 Å². The van der Waals surface area contributed by atoms with E-state index in [0.717, 1.165) is 38.8 Å². The summed E-state index contributed by atoms with van der Waals surface area (Å²) < 4.78 is 5.72. The Morgan fingerprint density at radius 2 is 1.37 bits per heavy atom. The van der Waals surface area contributed by atoms with Crippen molar-refractivity contribution in [1.82, 2.24) is 9.80 Å². The number of fused-ring (bicyclic) bond motifs is 2. The number of carbonyl (C=O) groups is 1. The molecule has 0 N–H and O–H groups in total. The van der Waals surface area contributed by atoms with Crippen LogP contribution in [0.1, 0.15) is 57.6 Å². The first-order valence-electron chi connectivity index (χ1n) is 11.2. The summed E-state index contributed by atoms with van der Waals surface area (Å²) in [6, 6.07) is 22.5. The number of hydrogen-bond acceptors (Lipinski definition) is 3. The monoisotopic (exact) mass is 406 g/mol. The molecule has 0 saturated carbocycles. The summed E-state index contributed by atoms with van der Waals surface area (Å²) in [6.07, 6.45) is 4.09. The van der Waals surface area contributed by atoms with E-state index in [2.05, 4.69) is 65.6 Å². The summed E-state index contributed by atoms with van der Waals surface area (Å²) in [7, 11) is 0. The summed E-state index contributed by atoms with van der Waals surface area (Å²) in [6.45, 7) is 7.71. The van der Waals surface area contributed by atoms with Crippen molar-refractivity contribution in [3.05, 3.63) is 71.8 Å². The summed E-state index contributed by atoms with van der Waals surface area (Å²) in [5.41, 5.74) is 2.24. The van der Waals surface area contributed by atoms with Crippen LogP contribution in [-0.2, 0) is 17.8 Å². The standard InChI is InChI=1S/C26H34N2O2/c1-26(2,3)30-25(29)28-22-14-15-23(28)17-24(16-22)27(18-20-10-6-4-7-11-20)19-21-12-8-5-9-13-21/h4-13,22-24H,14-19H2,1-3H3. The third-order valence-electron chi connectivity index (χ3n) is 6.29. The zero-order valence-electron chi connectivity index (χ0n) is 18.5. The minimum atomic E-state index is -0.444. The molecule has 0 aliphatic carbocycles. The maximum Gasteiger partial charge on any atom is 0.410 e. The van der Waals surface area contributed by atoms with Gasteiger partial charge in [0.05, 0.1) is 0 Å². The van der Waals surface area contributed by atoms with Crippen LogP contribution in [0.5, 0.6) is 0 Å². The number of carbonyl (C=O) groups excluding carboxylic acids is 1. The molecule has 4 nitrogen and oxygen atoms in total. The minimum absolute atomic E-state index is 0.133. The molecule has 2 bridgehead atoms. The van der Waals surface area contributed by atoms with Gasteiger partial charge in [-0.2, -0.15) is 0 Å². The molecule has 2 heterocycles. The summed E-state index contributed by atoms with van der Waals surface area (Å²) >= 11 is 0. The molecule has 2 fully saturated rings. The minimum Gasteiger partial charge on any atom is -0.444 e. The van der Waals surface area contributed by atoms with Gasteiger partial charge in [0.2, 0.25) is 0 Å². The Morgan fingerprint density at radius 1 is 0.900 bits per heavy atom. The highest BCUT2D eigenvalue weighted by molar-refractivity contribution is 5.69. The second-order valence-corrected chi connectivity index (χ2v) is 9.77. The third-order valence-corrected chi connectivity index (χ3v) is 6.29. The average molecular weight is 407 g/mol. The Morgan fingerprint density at radius 3 is 1.80 bits per heavy atom. The molecular formula is C26H34N2O2. The zero-order chi connectivity index (χ0) is 21.1. The highest BCUT2D eigenvalue weighted by Crippen LogP contribution is 2.39. The lowest BCUT2D eigenvalue weighted by molar-refractivity contribution is -0.00606. The number of benzene rings is 2. The van der Waals surface area contributed by atoms with Crippen molar-refractivity contribution in [2.24, 2.45) is 0 Å². The second kappa shape index (κ2) is 8.81. The van der Waals surface area contributed by atoms with Crippen molar-refractivity contribution in [1.29, 1.82) is 0 Å². The first-order valence-corrected chi connectivity index (χ1v) is 11.2. The number of piperidine rings is 1. The fourth-order valence-electron chi connectivity index (χ4n) is 5.01. The van der Waals surface area contributed by atoms with Crippen LogP contribution in [0.15, 0.2) is 60.7 Å². The zero-order valence-corrected chi connectivity index (χ0v) is 18.5. The van der Waals surface area contributed by atoms with E-state index < -0.39 is 5.60 Å². The highest BCUT2D eigenvalue weighted by Gasteiger charge is 2.46. The molecule has 2 aromatic rings. The SMILES string of the molecule is CC(C)(C)OC(=O)N1C2CCC1CC(N(Cc1ccccc1)Cc1ccccc1)C2. The van der Waals surface area contributed by atoms with E-state index in [-0.39, 0.29) is 18.2 Å². The van der Waals surface area contributed by atoms with Crippen LogP contribution in [0.3, 0.4) is 0 Å². The van der Waals surface area contributed by atoms with E-state index in [4.69, 9.17) is 4.74 Å². The smallest absolute Gasteiger partial charge is 0.410 e. The van der Waals surface area contributed by atoms with Gasteiger partial charge in [-0.3, -0.25) is 4.90 Å². The molecule has 0 radical (unpaired) electrons. The summed E-state index contributed by atoms with van der Waals surface area (Å²) in [5, 5.41) is 0. The maximum atomic E-state index is 12.8. The number of nitrogens with zero attached hydrogens (tertiary/aromatic N) is 2. The van der Waals surface area contributed by atoms with Crippen LogP contribution in [0, 0.1) is 0 Å². The van der Waals surface area contributed by atoms with E-state index in [9.17, 15) is 4.79 Å². The number of ether oxygens (including phenoxy) is 1. The van der Waals surface area contributed by atoms with Crippen molar-refractivity contribution in [2.45, 2.75) is 83.3 Å². The van der Waals surface area contributed by atoms with E-state index >= 15 is 0 Å². The fraction of sp³-hybridized carbons (Fsp3) is 0.500. The molecule has 2 atom stereocenters. The molecule has 1 amide bonds. The third kappa shape index (κ3) is 5.04. The first-order chi connectivity index (χ1) is 14.4. The Kier molecular flexibility index (Phi) is 6.14. The van der Waals surface area contributed by atoms with Gasteiger partial charge in [0.25, 0.3) is 0 Å². The van der Waals surface area contributed by atoms with Crippen LogP contribution in [0.4, 0.5) is 4.79 Å². The molecule has 4 heteroatoms. The van der Waals surface area contributed by atoms with Crippen LogP contribution < -0.4 is 0 Å². The first kappa shape index (κ1) is 20.9. The van der Waals surface area contributed by atoms with Crippen LogP contribution in [-0.4, -0.2) is 39.6 Å². The van der Waals surface area contributed by atoms with Crippen molar-refractivity contribution in [3.63, 3.8) is 0 Å². The normalized spacial score (nSPS) is 23.6. The quantitative estimate of drug-likeness (QED) is 0.646. The molecule has 2 aliphatic rings. The lowest BCUT2D eigenvalue weighted by Gasteiger charge is -2.43. The molecule has 4 rings (SSSR count). The Labute approximate surface area is 180 Å². The van der Waals surface area contributed by atoms with Crippen molar-refractivity contribution >= 4 is 6.09 Å². The molecule has 2 saturated heterocycles. The Hall–Kier alpha value is -2.33. The number of amides is 1. The molecule has 0 spiro atoms. The van der Waals surface area contributed by atoms with Gasteiger partial charge in [-0.05, 0) is 57.6 Å². The summed E-state index contributed by atoms with van der Waals surface area (Å²) in [5.74, 6) is 0. The lowest BCUT2D eigenvalue weighted by Crippen LogP contribution is -2.53. The number of rotatable bonds is 5. The maximum absolute atomic E-state index is 12.8. The predicted molar refractivity (Wildman–Crippen MR) is 120 cm³/mol. The largest absolute Gasteiger partial charge is 0.444 e. The average Bonchev–Trinajstić information content (AvgIpc) is 2.98. The Balaban J connectivity index is 1.50. The van der Waals surface area contributed by atoms with Crippen molar-refractivity contribution in [3.8, 4) is 0 Å². The molecule has 2 aliphatic heterocycles. The second-order valence-electron chi connectivity index (χ2n) is 9.77. The van der Waals surface area contributed by atoms with E-state index in [1.165, 1.54) is 11.1 Å². The van der Waals surface area contributed by atoms with Crippen LogP contribution in [0.2, 0.25) is 0 Å². The lowest BCUT2D eigenvalue weighted by atomic mass is 9.95. The van der Waals surface area contributed by atoms with E-state index in [1.54, 1.807) is 0 Å². The van der Waals surface area contributed by atoms with Crippen molar-refractivity contribution < 1.29 is 9.53 Å². The molecule has 0 aromatic heterocycles. The van der Waals surface area contributed by atoms with Gasteiger partial charge in [0, 0.05) is 31.2 Å². The van der Waals surface area contributed by atoms with Gasteiger partial charge in [-0.15, -0.1) is 0 Å². The van der Waals surface area contributed by atoms with Gasteiger partial charge >= 0.3 is 6.09 Å². The van der Waals surface area contributed by atoms with E-state index in [0.29, 0.717) is 6.04 Å². The molecule has 2 unspecified atom stereocenters. The molecule has 160 valence electrons. The highest BCUT2D eigenvalue weighted by atomic mass is 16.6. The van der Waals surface area contributed by atoms with Gasteiger partial charge in [-0.1, -0.05) is 60.7 Å². The van der Waals surface area contributed by atoms with Gasteiger partial charge < -0.3 is 9.64 Å². The van der Waals surface area contributed by atoms with Crippen molar-refractivity contribution in [2.75, 3.05) is 0 Å². The predicted octanol–water partition coefficient (Wildman–Crippen LogP) is 5.62. The topological polar surface area (TPSA) is 32.8 Å². The van der Waals surface area contributed by atoms with Gasteiger partial charge in [0.1, 0.15) is 5.60 Å². The summed E-state index contributed by atoms with van der Waals surface area (Å²) in [4.78, 5) is 17.5. The molecular weight excluding hydrogens is 372 g/mol. The Bertz CT molecular complexity index is 776. The fourth-order valence-corrected chi connectivity index (χ4v) is 5.01. The van der Waals surface area contributed by atoms with Crippen LogP contribution in [0.25, 0.3) is 0 Å². The van der Waals surface area contributed by atoms with E-state index in [1.807, 2.05) is 25.7 Å². The van der Waals surface area contributed by atoms with Gasteiger partial charge in [-0.25, -0.2) is 4.79 Å². The number of hydrogen-bond donors (Lipinski definition) is 0. The molecule has 2 aromatic carbocycles. The molecule has 30 heavy (non-hydrogen) atoms.